The maximum Gasteiger partial charge on any atom is 0.190 e. The predicted octanol–water partition coefficient (Wildman–Crippen LogP) is 2.30. The molecule has 0 amide bonds. The van der Waals surface area contributed by atoms with Gasteiger partial charge in [-0.3, -0.25) is 4.99 Å². The van der Waals surface area contributed by atoms with E-state index in [1.165, 1.54) is 5.56 Å². The third-order valence-electron chi connectivity index (χ3n) is 2.08. The summed E-state index contributed by atoms with van der Waals surface area (Å²) in [5.74, 6) is 0.809. The average molecular weight is 354 g/mol. The predicted molar refractivity (Wildman–Crippen MR) is 81.0 cm³/mol. The Morgan fingerprint density at radius 3 is 2.44 bits per heavy atom. The number of hydrogen-bond donors (Lipinski definition) is 2. The molecule has 5 heteroatoms. The van der Waals surface area contributed by atoms with Gasteiger partial charge in [-0.1, -0.05) is 23.7 Å². The molecule has 0 aromatic heterocycles. The lowest BCUT2D eigenvalue weighted by molar-refractivity contribution is 0.834. The highest BCUT2D eigenvalue weighted by Crippen LogP contribution is 2.09. The summed E-state index contributed by atoms with van der Waals surface area (Å²) in [6, 6.07) is 7.88. The molecule has 1 rings (SSSR count). The Morgan fingerprint density at radius 2 is 1.94 bits per heavy atom. The van der Waals surface area contributed by atoms with Crippen molar-refractivity contribution in [2.24, 2.45) is 4.99 Å². The van der Waals surface area contributed by atoms with E-state index in [-0.39, 0.29) is 24.0 Å². The summed E-state index contributed by atoms with van der Waals surface area (Å²) in [5, 5.41) is 6.93. The molecular weight excluding hydrogens is 336 g/mol. The lowest BCUT2D eigenvalue weighted by Crippen LogP contribution is -2.35. The Bertz CT molecular complexity index is 325. The molecule has 0 aliphatic carbocycles. The number of rotatable bonds is 3. The minimum absolute atomic E-state index is 0. The van der Waals surface area contributed by atoms with Crippen molar-refractivity contribution in [3.8, 4) is 0 Å². The van der Waals surface area contributed by atoms with E-state index in [0.717, 1.165) is 23.9 Å². The first-order valence-electron chi connectivity index (χ1n) is 4.89. The molecule has 0 spiro atoms. The summed E-state index contributed by atoms with van der Waals surface area (Å²) in [7, 11) is 3.60. The Hall–Kier alpha value is -0.490. The van der Waals surface area contributed by atoms with E-state index in [1.807, 2.05) is 31.3 Å². The third kappa shape index (κ3) is 5.55. The number of hydrogen-bond acceptors (Lipinski definition) is 1. The standard InChI is InChI=1S/C11H16ClN3.HI/c1-13-11(14-2)15-8-7-9-3-5-10(12)6-4-9;/h3-6H,7-8H2,1-2H3,(H2,13,14,15);1H. The van der Waals surface area contributed by atoms with Crippen LogP contribution in [0.25, 0.3) is 0 Å². The summed E-state index contributed by atoms with van der Waals surface area (Å²) < 4.78 is 0. The lowest BCUT2D eigenvalue weighted by Gasteiger charge is -2.08. The van der Waals surface area contributed by atoms with Crippen LogP contribution in [-0.2, 0) is 6.42 Å². The van der Waals surface area contributed by atoms with Crippen LogP contribution >= 0.6 is 35.6 Å². The Kier molecular flexibility index (Phi) is 8.37. The first kappa shape index (κ1) is 15.5. The second kappa shape index (κ2) is 8.64. The Labute approximate surface area is 119 Å². The van der Waals surface area contributed by atoms with E-state index in [4.69, 9.17) is 11.6 Å². The van der Waals surface area contributed by atoms with Crippen molar-refractivity contribution in [2.75, 3.05) is 20.6 Å². The van der Waals surface area contributed by atoms with Gasteiger partial charge >= 0.3 is 0 Å². The Balaban J connectivity index is 0.00000225. The van der Waals surface area contributed by atoms with Gasteiger partial charge in [-0.2, -0.15) is 0 Å². The van der Waals surface area contributed by atoms with E-state index in [0.29, 0.717) is 0 Å². The van der Waals surface area contributed by atoms with Gasteiger partial charge in [-0.05, 0) is 24.1 Å². The number of benzene rings is 1. The highest BCUT2D eigenvalue weighted by Gasteiger charge is 1.95. The topological polar surface area (TPSA) is 36.4 Å². The van der Waals surface area contributed by atoms with Gasteiger partial charge in [-0.15, -0.1) is 24.0 Å². The molecule has 0 bridgehead atoms. The smallest absolute Gasteiger partial charge is 0.190 e. The molecule has 0 fully saturated rings. The molecule has 0 unspecified atom stereocenters. The van der Waals surface area contributed by atoms with Gasteiger partial charge in [0.1, 0.15) is 0 Å². The molecule has 1 aromatic rings. The maximum absolute atomic E-state index is 5.80. The summed E-state index contributed by atoms with van der Waals surface area (Å²) in [6.45, 7) is 0.856. The second-order valence-electron chi connectivity index (χ2n) is 3.13. The summed E-state index contributed by atoms with van der Waals surface area (Å²) in [5.41, 5.74) is 1.26. The van der Waals surface area contributed by atoms with Crippen molar-refractivity contribution >= 4 is 41.5 Å². The Morgan fingerprint density at radius 1 is 1.31 bits per heavy atom. The van der Waals surface area contributed by atoms with E-state index in [1.54, 1.807) is 7.05 Å². The van der Waals surface area contributed by atoms with Gasteiger partial charge in [0, 0.05) is 25.7 Å². The first-order chi connectivity index (χ1) is 7.26. The van der Waals surface area contributed by atoms with Crippen LogP contribution in [-0.4, -0.2) is 26.6 Å². The van der Waals surface area contributed by atoms with E-state index in [2.05, 4.69) is 15.6 Å². The third-order valence-corrected chi connectivity index (χ3v) is 2.33. The molecule has 0 radical (unpaired) electrons. The molecule has 0 saturated heterocycles. The van der Waals surface area contributed by atoms with E-state index in [9.17, 15) is 0 Å². The SMILES string of the molecule is CN=C(NC)NCCc1ccc(Cl)cc1.I. The van der Waals surface area contributed by atoms with E-state index < -0.39 is 0 Å². The molecule has 0 aliphatic heterocycles. The highest BCUT2D eigenvalue weighted by molar-refractivity contribution is 14.0. The zero-order chi connectivity index (χ0) is 11.1. The number of halogens is 2. The first-order valence-corrected chi connectivity index (χ1v) is 5.27. The molecule has 0 atom stereocenters. The molecule has 0 heterocycles. The summed E-state index contributed by atoms with van der Waals surface area (Å²) >= 11 is 5.80. The average Bonchev–Trinajstić information content (AvgIpc) is 2.27. The van der Waals surface area contributed by atoms with Gasteiger partial charge in [0.15, 0.2) is 5.96 Å². The van der Waals surface area contributed by atoms with Crippen molar-refractivity contribution < 1.29 is 0 Å². The zero-order valence-electron chi connectivity index (χ0n) is 9.46. The maximum atomic E-state index is 5.80. The number of guanidine groups is 1. The second-order valence-corrected chi connectivity index (χ2v) is 3.56. The van der Waals surface area contributed by atoms with Crippen molar-refractivity contribution in [2.45, 2.75) is 6.42 Å². The summed E-state index contributed by atoms with van der Waals surface area (Å²) in [6.07, 6.45) is 0.956. The van der Waals surface area contributed by atoms with Gasteiger partial charge in [0.2, 0.25) is 0 Å². The van der Waals surface area contributed by atoms with Gasteiger partial charge in [0.05, 0.1) is 0 Å². The fourth-order valence-electron chi connectivity index (χ4n) is 1.26. The van der Waals surface area contributed by atoms with Gasteiger partial charge < -0.3 is 10.6 Å². The molecule has 1 aromatic carbocycles. The van der Waals surface area contributed by atoms with Crippen LogP contribution in [0.4, 0.5) is 0 Å². The fraction of sp³-hybridized carbons (Fsp3) is 0.364. The monoisotopic (exact) mass is 353 g/mol. The molecule has 2 N–H and O–H groups in total. The molecule has 0 aliphatic rings. The lowest BCUT2D eigenvalue weighted by atomic mass is 10.1. The normalized spacial score (nSPS) is 10.6. The van der Waals surface area contributed by atoms with Crippen LogP contribution in [0.2, 0.25) is 5.02 Å². The van der Waals surface area contributed by atoms with Crippen molar-refractivity contribution in [1.82, 2.24) is 10.6 Å². The van der Waals surface area contributed by atoms with Crippen molar-refractivity contribution in [1.29, 1.82) is 0 Å². The van der Waals surface area contributed by atoms with Crippen molar-refractivity contribution in [3.63, 3.8) is 0 Å². The quantitative estimate of drug-likeness (QED) is 0.497. The zero-order valence-corrected chi connectivity index (χ0v) is 12.5. The molecule has 16 heavy (non-hydrogen) atoms. The van der Waals surface area contributed by atoms with Crippen LogP contribution in [0.5, 0.6) is 0 Å². The number of aliphatic imine (C=N–C) groups is 1. The molecule has 3 nitrogen and oxygen atoms in total. The fourth-order valence-corrected chi connectivity index (χ4v) is 1.38. The van der Waals surface area contributed by atoms with Crippen LogP contribution in [0.15, 0.2) is 29.3 Å². The van der Waals surface area contributed by atoms with Crippen LogP contribution in [0.3, 0.4) is 0 Å². The van der Waals surface area contributed by atoms with Gasteiger partial charge in [-0.25, -0.2) is 0 Å². The van der Waals surface area contributed by atoms with Crippen LogP contribution < -0.4 is 10.6 Å². The van der Waals surface area contributed by atoms with Gasteiger partial charge in [0.25, 0.3) is 0 Å². The van der Waals surface area contributed by atoms with Crippen LogP contribution in [0.1, 0.15) is 5.56 Å². The minimum Gasteiger partial charge on any atom is -0.359 e. The largest absolute Gasteiger partial charge is 0.359 e. The number of nitrogens with zero attached hydrogens (tertiary/aromatic N) is 1. The van der Waals surface area contributed by atoms with E-state index >= 15 is 0 Å². The molecular formula is C11H17ClIN3. The summed E-state index contributed by atoms with van der Waals surface area (Å²) in [4.78, 5) is 4.03. The molecule has 90 valence electrons. The minimum atomic E-state index is 0. The van der Waals surface area contributed by atoms with Crippen molar-refractivity contribution in [3.05, 3.63) is 34.9 Å². The van der Waals surface area contributed by atoms with Crippen LogP contribution in [0, 0.1) is 0 Å². The highest BCUT2D eigenvalue weighted by atomic mass is 127. The molecule has 0 saturated carbocycles. The number of nitrogens with one attached hydrogen (secondary N) is 2.